The molecule has 0 aliphatic rings. The highest BCUT2D eigenvalue weighted by molar-refractivity contribution is 6.05. The number of benzene rings is 4. The first-order chi connectivity index (χ1) is 17.3. The molecule has 36 heavy (non-hydrogen) atoms. The Morgan fingerprint density at radius 2 is 1.47 bits per heavy atom. The molecule has 1 N–H and O–H groups in total. The first kappa shape index (κ1) is 23.7. The molecule has 0 radical (unpaired) electrons. The summed E-state index contributed by atoms with van der Waals surface area (Å²) in [5.41, 5.74) is 1.55. The van der Waals surface area contributed by atoms with Crippen molar-refractivity contribution in [3.8, 4) is 5.75 Å². The van der Waals surface area contributed by atoms with Crippen LogP contribution < -0.4 is 10.2 Å². The van der Waals surface area contributed by atoms with Gasteiger partial charge in [-0.1, -0.05) is 48.5 Å². The molecule has 4 aromatic carbocycles. The molecule has 0 fully saturated rings. The average Bonchev–Trinajstić information content (AvgIpc) is 2.88. The molecule has 0 unspecified atom stereocenters. The third kappa shape index (κ3) is 5.04. The van der Waals surface area contributed by atoms with Crippen molar-refractivity contribution in [2.75, 3.05) is 0 Å². The summed E-state index contributed by atoms with van der Waals surface area (Å²) in [5, 5.41) is 27.9. The van der Waals surface area contributed by atoms with Crippen molar-refractivity contribution in [1.29, 1.82) is 0 Å². The molecule has 0 aliphatic carbocycles. The Labute approximate surface area is 202 Å². The Bertz CT molecular complexity index is 1540. The molecule has 0 heterocycles. The smallest absolute Gasteiger partial charge is 0.344 e. The van der Waals surface area contributed by atoms with Gasteiger partial charge in [0.2, 0.25) is 5.75 Å². The van der Waals surface area contributed by atoms with E-state index in [0.29, 0.717) is 5.39 Å². The zero-order chi connectivity index (χ0) is 25.7. The van der Waals surface area contributed by atoms with Crippen LogP contribution in [0.15, 0.2) is 90.0 Å². The van der Waals surface area contributed by atoms with Crippen molar-refractivity contribution in [2.24, 2.45) is 5.10 Å². The minimum atomic E-state index is -0.825. The predicted octanol–water partition coefficient (Wildman–Crippen LogP) is 4.64. The first-order valence-electron chi connectivity index (χ1n) is 10.4. The van der Waals surface area contributed by atoms with Gasteiger partial charge >= 0.3 is 11.7 Å². The van der Waals surface area contributed by atoms with Crippen molar-refractivity contribution >= 4 is 40.2 Å². The quantitative estimate of drug-likeness (QED) is 0.132. The van der Waals surface area contributed by atoms with Crippen molar-refractivity contribution in [3.63, 3.8) is 0 Å². The van der Waals surface area contributed by atoms with Crippen molar-refractivity contribution in [3.05, 3.63) is 122 Å². The van der Waals surface area contributed by atoms with Gasteiger partial charge in [-0.15, -0.1) is 0 Å². The fraction of sp³-hybridized carbons (Fsp3) is 0. The highest BCUT2D eigenvalue weighted by Gasteiger charge is 2.21. The monoisotopic (exact) mass is 484 g/mol. The lowest BCUT2D eigenvalue weighted by atomic mass is 10.0. The van der Waals surface area contributed by atoms with Crippen molar-refractivity contribution in [2.45, 2.75) is 0 Å². The second-order valence-corrected chi connectivity index (χ2v) is 7.37. The lowest BCUT2D eigenvalue weighted by molar-refractivity contribution is -0.385. The minimum absolute atomic E-state index is 0.193. The van der Waals surface area contributed by atoms with Gasteiger partial charge in [-0.25, -0.2) is 10.2 Å². The second kappa shape index (κ2) is 10.2. The molecule has 0 saturated heterocycles. The van der Waals surface area contributed by atoms with Crippen LogP contribution in [0.25, 0.3) is 10.8 Å². The van der Waals surface area contributed by atoms with Crippen LogP contribution in [-0.2, 0) is 0 Å². The predicted molar refractivity (Wildman–Crippen MR) is 130 cm³/mol. The van der Waals surface area contributed by atoms with Crippen LogP contribution in [-0.4, -0.2) is 27.9 Å². The molecular weight excluding hydrogens is 468 g/mol. The summed E-state index contributed by atoms with van der Waals surface area (Å²) < 4.78 is 5.33. The Kier molecular flexibility index (Phi) is 6.73. The zero-order valence-electron chi connectivity index (χ0n) is 18.4. The van der Waals surface area contributed by atoms with Crippen LogP contribution in [0, 0.1) is 20.2 Å². The summed E-state index contributed by atoms with van der Waals surface area (Å²) in [7, 11) is 0. The number of nitro benzene ring substituents is 2. The molecule has 0 spiro atoms. The fourth-order valence-electron chi connectivity index (χ4n) is 3.45. The summed E-state index contributed by atoms with van der Waals surface area (Å²) in [6, 6.07) is 21.4. The van der Waals surface area contributed by atoms with Gasteiger partial charge in [0.15, 0.2) is 0 Å². The molecule has 0 bridgehead atoms. The molecule has 4 aromatic rings. The Balaban J connectivity index is 1.53. The van der Waals surface area contributed by atoms with Gasteiger partial charge in [0, 0.05) is 17.7 Å². The van der Waals surface area contributed by atoms with E-state index in [1.165, 1.54) is 36.4 Å². The molecule has 0 atom stereocenters. The number of amides is 1. The standard InChI is InChI=1S/C25H16N4O7/c30-24(20-9-3-4-11-21(20)28(32)33)27-26-15-16-12-13-23(22(14-16)29(34)35)36-25(31)19-10-5-7-17-6-1-2-8-18(17)19/h1-15H,(H,27,30)/b26-15+. The highest BCUT2D eigenvalue weighted by atomic mass is 16.6. The first-order valence-corrected chi connectivity index (χ1v) is 10.4. The molecule has 1 amide bonds. The highest BCUT2D eigenvalue weighted by Crippen LogP contribution is 2.29. The number of para-hydroxylation sites is 1. The summed E-state index contributed by atoms with van der Waals surface area (Å²) >= 11 is 0. The van der Waals surface area contributed by atoms with Gasteiger partial charge in [0.1, 0.15) is 5.56 Å². The number of fused-ring (bicyclic) bond motifs is 1. The third-order valence-electron chi connectivity index (χ3n) is 5.12. The van der Waals surface area contributed by atoms with Crippen LogP contribution in [0.5, 0.6) is 5.75 Å². The van der Waals surface area contributed by atoms with Crippen LogP contribution in [0.4, 0.5) is 11.4 Å². The van der Waals surface area contributed by atoms with E-state index in [9.17, 15) is 29.8 Å². The van der Waals surface area contributed by atoms with E-state index in [4.69, 9.17) is 4.74 Å². The van der Waals surface area contributed by atoms with E-state index in [0.717, 1.165) is 17.7 Å². The normalized spacial score (nSPS) is 10.8. The SMILES string of the molecule is O=C(N/N=C/c1ccc(OC(=O)c2cccc3ccccc23)c([N+](=O)[O-])c1)c1ccccc1[N+](=O)[O-]. The number of hydrazone groups is 1. The summed E-state index contributed by atoms with van der Waals surface area (Å²) in [6.07, 6.45) is 1.12. The Morgan fingerprint density at radius 3 is 2.25 bits per heavy atom. The minimum Gasteiger partial charge on any atom is -0.416 e. The van der Waals surface area contributed by atoms with Gasteiger partial charge < -0.3 is 4.74 Å². The fourth-order valence-corrected chi connectivity index (χ4v) is 3.45. The topological polar surface area (TPSA) is 154 Å². The van der Waals surface area contributed by atoms with E-state index in [-0.39, 0.29) is 22.4 Å². The molecule has 11 nitrogen and oxygen atoms in total. The van der Waals surface area contributed by atoms with E-state index in [1.807, 2.05) is 18.2 Å². The summed E-state index contributed by atoms with van der Waals surface area (Å²) in [4.78, 5) is 46.3. The maximum Gasteiger partial charge on any atom is 0.344 e. The maximum atomic E-state index is 12.8. The van der Waals surface area contributed by atoms with Crippen molar-refractivity contribution in [1.82, 2.24) is 5.43 Å². The van der Waals surface area contributed by atoms with E-state index in [2.05, 4.69) is 10.5 Å². The van der Waals surface area contributed by atoms with Crippen molar-refractivity contribution < 1.29 is 24.2 Å². The maximum absolute atomic E-state index is 12.8. The van der Waals surface area contributed by atoms with E-state index < -0.39 is 33.1 Å². The summed E-state index contributed by atoms with van der Waals surface area (Å²) in [5.74, 6) is -1.85. The number of carbonyl (C=O) groups excluding carboxylic acids is 2. The number of carbonyl (C=O) groups is 2. The largest absolute Gasteiger partial charge is 0.416 e. The number of nitrogens with one attached hydrogen (secondary N) is 1. The van der Waals surface area contributed by atoms with E-state index >= 15 is 0 Å². The van der Waals surface area contributed by atoms with Gasteiger partial charge in [-0.3, -0.25) is 25.0 Å². The number of hydrogen-bond acceptors (Lipinski definition) is 8. The Hall–Kier alpha value is -5.45. The van der Waals surface area contributed by atoms with Crippen LogP contribution in [0.2, 0.25) is 0 Å². The molecular formula is C25H16N4O7. The zero-order valence-corrected chi connectivity index (χ0v) is 18.4. The van der Waals surface area contributed by atoms with E-state index in [1.54, 1.807) is 24.3 Å². The Morgan fingerprint density at radius 1 is 0.806 bits per heavy atom. The number of nitrogens with zero attached hydrogens (tertiary/aromatic N) is 3. The van der Waals surface area contributed by atoms with Gasteiger partial charge in [0.05, 0.1) is 21.6 Å². The number of rotatable bonds is 7. The number of nitro groups is 2. The van der Waals surface area contributed by atoms with Gasteiger partial charge in [-0.05, 0) is 35.0 Å². The lowest BCUT2D eigenvalue weighted by Gasteiger charge is -2.08. The molecule has 0 aliphatic heterocycles. The molecule has 4 rings (SSSR count). The molecule has 0 saturated carbocycles. The average molecular weight is 484 g/mol. The van der Waals surface area contributed by atoms with Crippen LogP contribution in [0.3, 0.4) is 0 Å². The van der Waals surface area contributed by atoms with Gasteiger partial charge in [-0.2, -0.15) is 5.10 Å². The van der Waals surface area contributed by atoms with Crippen LogP contribution >= 0.6 is 0 Å². The van der Waals surface area contributed by atoms with Crippen LogP contribution in [0.1, 0.15) is 26.3 Å². The lowest BCUT2D eigenvalue weighted by Crippen LogP contribution is -2.19. The number of ether oxygens (including phenoxy) is 1. The van der Waals surface area contributed by atoms with Gasteiger partial charge in [0.25, 0.3) is 11.6 Å². The third-order valence-corrected chi connectivity index (χ3v) is 5.12. The number of hydrogen-bond donors (Lipinski definition) is 1. The molecule has 11 heteroatoms. The molecule has 178 valence electrons. The molecule has 0 aromatic heterocycles. The second-order valence-electron chi connectivity index (χ2n) is 7.37. The summed E-state index contributed by atoms with van der Waals surface area (Å²) in [6.45, 7) is 0. The number of esters is 1.